The number of benzene rings is 1. The molecule has 0 unspecified atom stereocenters. The molecule has 126 valence electrons. The van der Waals surface area contributed by atoms with Gasteiger partial charge in [-0.05, 0) is 56.7 Å². The van der Waals surface area contributed by atoms with E-state index in [0.29, 0.717) is 11.3 Å². The summed E-state index contributed by atoms with van der Waals surface area (Å²) in [6.07, 6.45) is 4.91. The van der Waals surface area contributed by atoms with Crippen molar-refractivity contribution >= 4 is 24.2 Å². The highest BCUT2D eigenvalue weighted by Crippen LogP contribution is 2.14. The molecule has 2 rings (SSSR count). The van der Waals surface area contributed by atoms with Crippen molar-refractivity contribution in [3.8, 4) is 0 Å². The van der Waals surface area contributed by atoms with E-state index in [1.54, 1.807) is 24.4 Å². The summed E-state index contributed by atoms with van der Waals surface area (Å²) in [5, 5.41) is 0. The van der Waals surface area contributed by atoms with Gasteiger partial charge in [0.1, 0.15) is 5.60 Å². The summed E-state index contributed by atoms with van der Waals surface area (Å²) in [5.74, 6) is -0.371. The Hall–Kier alpha value is -2.82. The molecule has 5 nitrogen and oxygen atoms in total. The van der Waals surface area contributed by atoms with Crippen molar-refractivity contribution in [3.63, 3.8) is 0 Å². The Morgan fingerprint density at radius 2 is 1.71 bits per heavy atom. The normalized spacial score (nSPS) is 11.5. The average molecular weight is 327 g/mol. The van der Waals surface area contributed by atoms with Crippen LogP contribution in [0.5, 0.6) is 0 Å². The molecule has 0 N–H and O–H groups in total. The number of carbonyl (C=O) groups excluding carboxylic acids is 2. The highest BCUT2D eigenvalue weighted by molar-refractivity contribution is 5.89. The summed E-state index contributed by atoms with van der Waals surface area (Å²) in [5.41, 5.74) is 1.55. The van der Waals surface area contributed by atoms with Crippen LogP contribution in [0.4, 0.5) is 4.79 Å². The van der Waals surface area contributed by atoms with E-state index in [4.69, 9.17) is 4.74 Å². The van der Waals surface area contributed by atoms with Gasteiger partial charge in [0.25, 0.3) is 0 Å². The van der Waals surface area contributed by atoms with Gasteiger partial charge < -0.3 is 9.47 Å². The Balaban J connectivity index is 2.14. The quantitative estimate of drug-likeness (QED) is 0.792. The first kappa shape index (κ1) is 17.5. The molecule has 0 aliphatic rings. The van der Waals surface area contributed by atoms with Gasteiger partial charge in [-0.15, -0.1) is 0 Å². The van der Waals surface area contributed by atoms with Crippen molar-refractivity contribution in [2.45, 2.75) is 26.4 Å². The molecule has 1 heterocycles. The molecule has 0 radical (unpaired) electrons. The summed E-state index contributed by atoms with van der Waals surface area (Å²) in [6.45, 7) is 5.48. The lowest BCUT2D eigenvalue weighted by Gasteiger charge is -2.20. The number of aromatic nitrogens is 1. The van der Waals surface area contributed by atoms with Crippen LogP contribution in [0.25, 0.3) is 12.2 Å². The fourth-order valence-electron chi connectivity index (χ4n) is 2.04. The zero-order valence-electron chi connectivity index (χ0n) is 14.3. The zero-order valence-corrected chi connectivity index (χ0v) is 14.3. The molecular formula is C19H21NO4. The summed E-state index contributed by atoms with van der Waals surface area (Å²) in [4.78, 5) is 23.6. The molecule has 0 saturated carbocycles. The lowest BCUT2D eigenvalue weighted by Crippen LogP contribution is -2.27. The predicted octanol–water partition coefficient (Wildman–Crippen LogP) is 4.23. The lowest BCUT2D eigenvalue weighted by molar-refractivity contribution is 0.0535. The minimum absolute atomic E-state index is 0.371. The zero-order chi connectivity index (χ0) is 17.7. The lowest BCUT2D eigenvalue weighted by atomic mass is 10.1. The van der Waals surface area contributed by atoms with Gasteiger partial charge >= 0.3 is 12.1 Å². The van der Waals surface area contributed by atoms with Gasteiger partial charge in [0, 0.05) is 6.20 Å². The number of rotatable bonds is 3. The summed E-state index contributed by atoms with van der Waals surface area (Å²) < 4.78 is 11.5. The van der Waals surface area contributed by atoms with E-state index in [1.807, 2.05) is 51.1 Å². The molecular weight excluding hydrogens is 306 g/mol. The standard InChI is InChI=1S/C19H21NO4/c1-19(2,3)24-18(22)20-13-5-6-16(20)12-9-14-7-10-15(11-8-14)17(21)23-4/h5-13H,1-4H3/b12-9+. The van der Waals surface area contributed by atoms with Crippen LogP contribution < -0.4 is 0 Å². The van der Waals surface area contributed by atoms with E-state index in [9.17, 15) is 9.59 Å². The molecule has 0 spiro atoms. The molecule has 5 heteroatoms. The van der Waals surface area contributed by atoms with E-state index in [2.05, 4.69) is 4.74 Å². The molecule has 0 saturated heterocycles. The number of hydrogen-bond donors (Lipinski definition) is 0. The van der Waals surface area contributed by atoms with E-state index >= 15 is 0 Å². The summed E-state index contributed by atoms with van der Waals surface area (Å²) >= 11 is 0. The number of esters is 1. The number of hydrogen-bond acceptors (Lipinski definition) is 4. The highest BCUT2D eigenvalue weighted by atomic mass is 16.6. The molecule has 0 atom stereocenters. The summed E-state index contributed by atoms with van der Waals surface area (Å²) in [6, 6.07) is 10.6. The van der Waals surface area contributed by atoms with Crippen LogP contribution in [0.15, 0.2) is 42.6 Å². The van der Waals surface area contributed by atoms with Crippen molar-refractivity contribution in [3.05, 3.63) is 59.4 Å². The number of methoxy groups -OCH3 is 1. The van der Waals surface area contributed by atoms with Gasteiger partial charge in [0.05, 0.1) is 18.4 Å². The number of ether oxygens (including phenoxy) is 2. The minimum Gasteiger partial charge on any atom is -0.465 e. The SMILES string of the molecule is COC(=O)c1ccc(/C=C/c2cccn2C(=O)OC(C)(C)C)cc1. The van der Waals surface area contributed by atoms with Crippen LogP contribution in [0.1, 0.15) is 42.4 Å². The average Bonchev–Trinajstić information content (AvgIpc) is 2.99. The maximum atomic E-state index is 12.2. The van der Waals surface area contributed by atoms with Gasteiger partial charge in [-0.25, -0.2) is 9.59 Å². The van der Waals surface area contributed by atoms with Crippen molar-refractivity contribution < 1.29 is 19.1 Å². The van der Waals surface area contributed by atoms with Gasteiger partial charge in [-0.1, -0.05) is 18.2 Å². The van der Waals surface area contributed by atoms with Crippen molar-refractivity contribution in [1.29, 1.82) is 0 Å². The molecule has 24 heavy (non-hydrogen) atoms. The van der Waals surface area contributed by atoms with E-state index in [-0.39, 0.29) is 5.97 Å². The van der Waals surface area contributed by atoms with Gasteiger partial charge in [-0.2, -0.15) is 0 Å². The molecule has 0 aliphatic heterocycles. The first-order chi connectivity index (χ1) is 11.3. The van der Waals surface area contributed by atoms with Crippen LogP contribution in [0.3, 0.4) is 0 Å². The Kier molecular flexibility index (Phi) is 5.24. The molecule has 0 aliphatic carbocycles. The number of carbonyl (C=O) groups is 2. The van der Waals surface area contributed by atoms with Crippen LogP contribution in [-0.2, 0) is 9.47 Å². The maximum absolute atomic E-state index is 12.2. The largest absolute Gasteiger partial charge is 0.465 e. The first-order valence-corrected chi connectivity index (χ1v) is 7.57. The van der Waals surface area contributed by atoms with Gasteiger partial charge in [0.2, 0.25) is 0 Å². The Labute approximate surface area is 141 Å². The number of nitrogens with zero attached hydrogens (tertiary/aromatic N) is 1. The third kappa shape index (κ3) is 4.59. The molecule has 0 fully saturated rings. The van der Waals surface area contributed by atoms with E-state index in [1.165, 1.54) is 11.7 Å². The van der Waals surface area contributed by atoms with Crippen LogP contribution >= 0.6 is 0 Å². The van der Waals surface area contributed by atoms with E-state index < -0.39 is 11.7 Å². The second-order valence-corrected chi connectivity index (χ2v) is 6.23. The van der Waals surface area contributed by atoms with Gasteiger partial charge in [-0.3, -0.25) is 4.57 Å². The Morgan fingerprint density at radius 3 is 2.29 bits per heavy atom. The smallest absolute Gasteiger partial charge is 0.418 e. The van der Waals surface area contributed by atoms with E-state index in [0.717, 1.165) is 5.56 Å². The fraction of sp³-hybridized carbons (Fsp3) is 0.263. The highest BCUT2D eigenvalue weighted by Gasteiger charge is 2.18. The molecule has 1 aromatic heterocycles. The molecule has 0 amide bonds. The van der Waals surface area contributed by atoms with Gasteiger partial charge in [0.15, 0.2) is 0 Å². The topological polar surface area (TPSA) is 57.5 Å². The molecule has 0 bridgehead atoms. The van der Waals surface area contributed by atoms with Crippen molar-refractivity contribution in [2.24, 2.45) is 0 Å². The van der Waals surface area contributed by atoms with Crippen molar-refractivity contribution in [2.75, 3.05) is 7.11 Å². The second-order valence-electron chi connectivity index (χ2n) is 6.23. The van der Waals surface area contributed by atoms with Crippen molar-refractivity contribution in [1.82, 2.24) is 4.57 Å². The second kappa shape index (κ2) is 7.17. The Bertz CT molecular complexity index is 748. The monoisotopic (exact) mass is 327 g/mol. The Morgan fingerprint density at radius 1 is 1.04 bits per heavy atom. The molecule has 1 aromatic carbocycles. The first-order valence-electron chi connectivity index (χ1n) is 7.57. The third-order valence-electron chi connectivity index (χ3n) is 3.15. The summed E-state index contributed by atoms with van der Waals surface area (Å²) in [7, 11) is 1.35. The maximum Gasteiger partial charge on any atom is 0.418 e. The van der Waals surface area contributed by atoms with Crippen LogP contribution in [-0.4, -0.2) is 29.3 Å². The fourth-order valence-corrected chi connectivity index (χ4v) is 2.04. The van der Waals surface area contributed by atoms with Crippen LogP contribution in [0.2, 0.25) is 0 Å². The predicted molar refractivity (Wildman–Crippen MR) is 92.8 cm³/mol. The third-order valence-corrected chi connectivity index (χ3v) is 3.15. The minimum atomic E-state index is -0.550. The molecule has 2 aromatic rings. The van der Waals surface area contributed by atoms with Crippen LogP contribution in [0, 0.1) is 0 Å².